The van der Waals surface area contributed by atoms with E-state index in [1.807, 2.05) is 44.2 Å². The summed E-state index contributed by atoms with van der Waals surface area (Å²) in [6.07, 6.45) is 4.43. The summed E-state index contributed by atoms with van der Waals surface area (Å²) in [6, 6.07) is 11.1. The highest BCUT2D eigenvalue weighted by Gasteiger charge is 2.36. The number of benzene rings is 1. The summed E-state index contributed by atoms with van der Waals surface area (Å²) >= 11 is 0. The fourth-order valence-corrected chi connectivity index (χ4v) is 4.21. The van der Waals surface area contributed by atoms with Crippen LogP contribution >= 0.6 is 0 Å². The summed E-state index contributed by atoms with van der Waals surface area (Å²) in [6.45, 7) is 7.62. The molecule has 3 rings (SSSR count). The van der Waals surface area contributed by atoms with E-state index in [1.165, 1.54) is 4.90 Å². The third-order valence-corrected chi connectivity index (χ3v) is 5.89. The number of aliphatic imine (C=N–C) groups is 1. The SMILES string of the molecule is C=CC[C@H](C(N)=O)[C@@H](CC(C)C)C(=O)NC1N=C(c2cccnc2)c2ccccc2N(C)C1=O. The first-order valence-corrected chi connectivity index (χ1v) is 11.3. The molecule has 1 aliphatic rings. The molecule has 0 radical (unpaired) electrons. The second-order valence-electron chi connectivity index (χ2n) is 8.81. The second kappa shape index (κ2) is 10.9. The summed E-state index contributed by atoms with van der Waals surface area (Å²) in [4.78, 5) is 49.3. The van der Waals surface area contributed by atoms with E-state index in [2.05, 4.69) is 21.9 Å². The zero-order valence-corrected chi connectivity index (χ0v) is 19.8. The van der Waals surface area contributed by atoms with Crippen molar-refractivity contribution in [2.24, 2.45) is 28.5 Å². The monoisotopic (exact) mass is 461 g/mol. The second-order valence-corrected chi connectivity index (χ2v) is 8.81. The molecule has 0 saturated carbocycles. The number of nitrogens with one attached hydrogen (secondary N) is 1. The van der Waals surface area contributed by atoms with Gasteiger partial charge in [-0.15, -0.1) is 6.58 Å². The summed E-state index contributed by atoms with van der Waals surface area (Å²) in [7, 11) is 1.65. The van der Waals surface area contributed by atoms with E-state index < -0.39 is 29.8 Å². The van der Waals surface area contributed by atoms with Crippen LogP contribution in [0.5, 0.6) is 0 Å². The van der Waals surface area contributed by atoms with Crippen LogP contribution in [-0.4, -0.2) is 41.6 Å². The summed E-state index contributed by atoms with van der Waals surface area (Å²) in [5, 5.41) is 2.79. The van der Waals surface area contributed by atoms with Crippen LogP contribution in [0.2, 0.25) is 0 Å². The van der Waals surface area contributed by atoms with Gasteiger partial charge in [0.1, 0.15) is 0 Å². The molecule has 1 aromatic heterocycles. The van der Waals surface area contributed by atoms with Crippen LogP contribution in [0.1, 0.15) is 37.8 Å². The van der Waals surface area contributed by atoms with Gasteiger partial charge in [0.15, 0.2) is 0 Å². The molecular weight excluding hydrogens is 430 g/mol. The third kappa shape index (κ3) is 5.39. The molecule has 0 spiro atoms. The fraction of sp³-hybridized carbons (Fsp3) is 0.346. The minimum Gasteiger partial charge on any atom is -0.369 e. The minimum atomic E-state index is -1.17. The van der Waals surface area contributed by atoms with Crippen LogP contribution in [0.15, 0.2) is 66.4 Å². The van der Waals surface area contributed by atoms with Crippen LogP contribution in [0.25, 0.3) is 0 Å². The molecule has 2 heterocycles. The number of nitrogens with two attached hydrogens (primary N) is 1. The van der Waals surface area contributed by atoms with Gasteiger partial charge in [0, 0.05) is 30.6 Å². The van der Waals surface area contributed by atoms with Gasteiger partial charge >= 0.3 is 0 Å². The number of likely N-dealkylation sites (N-methyl/N-ethyl adjacent to an activating group) is 1. The molecule has 3 atom stereocenters. The van der Waals surface area contributed by atoms with Crippen LogP contribution in [0.3, 0.4) is 0 Å². The normalized spacial score (nSPS) is 17.3. The Labute approximate surface area is 200 Å². The summed E-state index contributed by atoms with van der Waals surface area (Å²) in [5.41, 5.74) is 8.32. The molecule has 178 valence electrons. The standard InChI is InChI=1S/C26H31N5O3/c1-5-9-18(23(27)32)20(14-16(2)3)25(33)30-24-26(34)31(4)21-12-7-6-11-19(21)22(29-24)17-10-8-13-28-15-17/h5-8,10-13,15-16,18,20,24H,1,9,14H2,2-4H3,(H2,27,32)(H,30,33)/t18-,20+,24?/m0/s1. The van der Waals surface area contributed by atoms with Crippen molar-refractivity contribution in [1.29, 1.82) is 0 Å². The number of benzodiazepines with no additional fused rings is 1. The number of para-hydroxylation sites is 1. The number of aromatic nitrogens is 1. The maximum absolute atomic E-state index is 13.4. The molecule has 34 heavy (non-hydrogen) atoms. The molecule has 8 heteroatoms. The van der Waals surface area contributed by atoms with Crippen molar-refractivity contribution in [3.8, 4) is 0 Å². The Morgan fingerprint density at radius 2 is 1.94 bits per heavy atom. The molecule has 0 aliphatic carbocycles. The largest absolute Gasteiger partial charge is 0.369 e. The van der Waals surface area contributed by atoms with Crippen molar-refractivity contribution in [2.75, 3.05) is 11.9 Å². The number of hydrogen-bond donors (Lipinski definition) is 2. The van der Waals surface area contributed by atoms with E-state index >= 15 is 0 Å². The van der Waals surface area contributed by atoms with Crippen LogP contribution in [0.4, 0.5) is 5.69 Å². The van der Waals surface area contributed by atoms with Gasteiger partial charge in [-0.25, -0.2) is 4.99 Å². The van der Waals surface area contributed by atoms with Gasteiger partial charge < -0.3 is 16.0 Å². The Kier molecular flexibility index (Phi) is 7.94. The Hall–Kier alpha value is -3.81. The Morgan fingerprint density at radius 1 is 1.21 bits per heavy atom. The third-order valence-electron chi connectivity index (χ3n) is 5.89. The lowest BCUT2D eigenvalue weighted by atomic mass is 9.82. The maximum Gasteiger partial charge on any atom is 0.272 e. The predicted molar refractivity (Wildman–Crippen MR) is 132 cm³/mol. The fourth-order valence-electron chi connectivity index (χ4n) is 4.21. The Bertz CT molecular complexity index is 1100. The van der Waals surface area contributed by atoms with Gasteiger partial charge in [0.05, 0.1) is 23.2 Å². The lowest BCUT2D eigenvalue weighted by Crippen LogP contribution is -2.50. The molecule has 1 aromatic carbocycles. The van der Waals surface area contributed by atoms with E-state index in [1.54, 1.807) is 31.6 Å². The van der Waals surface area contributed by atoms with E-state index in [9.17, 15) is 14.4 Å². The maximum atomic E-state index is 13.4. The molecule has 0 bridgehead atoms. The highest BCUT2D eigenvalue weighted by Crippen LogP contribution is 2.28. The molecule has 0 fully saturated rings. The molecule has 0 saturated heterocycles. The molecular formula is C26H31N5O3. The predicted octanol–water partition coefficient (Wildman–Crippen LogP) is 2.68. The van der Waals surface area contributed by atoms with Crippen LogP contribution in [0, 0.1) is 17.8 Å². The number of amides is 3. The highest BCUT2D eigenvalue weighted by molar-refractivity contribution is 6.20. The first-order valence-electron chi connectivity index (χ1n) is 11.3. The van der Waals surface area contributed by atoms with Gasteiger partial charge in [-0.2, -0.15) is 0 Å². The van der Waals surface area contributed by atoms with E-state index in [0.29, 0.717) is 17.8 Å². The van der Waals surface area contributed by atoms with Crippen molar-refractivity contribution < 1.29 is 14.4 Å². The highest BCUT2D eigenvalue weighted by atomic mass is 16.2. The number of fused-ring (bicyclic) bond motifs is 1. The van der Waals surface area contributed by atoms with Gasteiger partial charge in [0.2, 0.25) is 18.0 Å². The quantitative estimate of drug-likeness (QED) is 0.558. The average Bonchev–Trinajstić information content (AvgIpc) is 2.92. The zero-order chi connectivity index (χ0) is 24.8. The van der Waals surface area contributed by atoms with Crippen LogP contribution < -0.4 is 16.0 Å². The van der Waals surface area contributed by atoms with Gasteiger partial charge in [-0.1, -0.05) is 38.1 Å². The van der Waals surface area contributed by atoms with Crippen molar-refractivity contribution in [1.82, 2.24) is 10.3 Å². The topological polar surface area (TPSA) is 118 Å². The number of allylic oxidation sites excluding steroid dienone is 1. The van der Waals surface area contributed by atoms with Gasteiger partial charge in [-0.05, 0) is 37.0 Å². The number of hydrogen-bond acceptors (Lipinski definition) is 5. The lowest BCUT2D eigenvalue weighted by molar-refractivity contribution is -0.135. The van der Waals surface area contributed by atoms with E-state index in [4.69, 9.17) is 5.73 Å². The van der Waals surface area contributed by atoms with Crippen molar-refractivity contribution in [3.05, 3.63) is 72.6 Å². The van der Waals surface area contributed by atoms with E-state index in [-0.39, 0.29) is 18.2 Å². The zero-order valence-electron chi connectivity index (χ0n) is 19.8. The number of carbonyl (C=O) groups excluding carboxylic acids is 3. The first kappa shape index (κ1) is 24.8. The number of anilines is 1. The molecule has 8 nitrogen and oxygen atoms in total. The summed E-state index contributed by atoms with van der Waals surface area (Å²) in [5.74, 6) is -2.70. The van der Waals surface area contributed by atoms with E-state index in [0.717, 1.165) is 11.1 Å². The number of rotatable bonds is 9. The number of carbonyl (C=O) groups is 3. The van der Waals surface area contributed by atoms with Gasteiger partial charge in [-0.3, -0.25) is 19.4 Å². The Morgan fingerprint density at radius 3 is 2.56 bits per heavy atom. The van der Waals surface area contributed by atoms with Crippen molar-refractivity contribution >= 4 is 29.1 Å². The lowest BCUT2D eigenvalue weighted by Gasteiger charge is -2.27. The first-order chi connectivity index (χ1) is 16.2. The number of primary amides is 1. The molecule has 1 unspecified atom stereocenters. The smallest absolute Gasteiger partial charge is 0.272 e. The Balaban J connectivity index is 2.03. The molecule has 2 aromatic rings. The van der Waals surface area contributed by atoms with Crippen LogP contribution in [-0.2, 0) is 14.4 Å². The number of pyridine rings is 1. The van der Waals surface area contributed by atoms with Gasteiger partial charge in [0.25, 0.3) is 5.91 Å². The molecule has 1 aliphatic heterocycles. The van der Waals surface area contributed by atoms with Crippen molar-refractivity contribution in [3.63, 3.8) is 0 Å². The van der Waals surface area contributed by atoms with Crippen molar-refractivity contribution in [2.45, 2.75) is 32.9 Å². The molecule has 3 amide bonds. The summed E-state index contributed by atoms with van der Waals surface area (Å²) < 4.78 is 0. The number of nitrogens with zero attached hydrogens (tertiary/aromatic N) is 3. The average molecular weight is 462 g/mol. The minimum absolute atomic E-state index is 0.133. The molecule has 3 N–H and O–H groups in total.